The van der Waals surface area contributed by atoms with Crippen LogP contribution in [0, 0.1) is 6.92 Å². The van der Waals surface area contributed by atoms with E-state index < -0.39 is 6.04 Å². The number of para-hydroxylation sites is 1. The summed E-state index contributed by atoms with van der Waals surface area (Å²) in [5.41, 5.74) is 2.17. The minimum Gasteiger partial charge on any atom is -0.494 e. The van der Waals surface area contributed by atoms with Gasteiger partial charge in [0.05, 0.1) is 6.61 Å². The van der Waals surface area contributed by atoms with Crippen LogP contribution in [0.4, 0.5) is 0 Å². The van der Waals surface area contributed by atoms with E-state index in [9.17, 15) is 9.59 Å². The molecule has 1 N–H and O–H groups in total. The maximum atomic E-state index is 13.2. The van der Waals surface area contributed by atoms with Gasteiger partial charge in [0.25, 0.3) is 0 Å². The molecule has 0 spiro atoms. The first-order chi connectivity index (χ1) is 14.9. The smallest absolute Gasteiger partial charge is 0.243 e. The van der Waals surface area contributed by atoms with Crippen molar-refractivity contribution < 1.29 is 14.3 Å². The number of carbonyl (C=O) groups excluding carboxylic acids is 2. The summed E-state index contributed by atoms with van der Waals surface area (Å²) in [5.74, 6) is 0.689. The molecule has 2 aromatic rings. The normalized spacial score (nSPS) is 12.6. The second-order valence-electron chi connectivity index (χ2n) is 8.02. The Bertz CT molecular complexity index is 822. The molecular formula is C26H36N2O3. The lowest BCUT2D eigenvalue weighted by Gasteiger charge is -2.31. The zero-order valence-corrected chi connectivity index (χ0v) is 19.3. The van der Waals surface area contributed by atoms with E-state index in [2.05, 4.69) is 11.4 Å². The van der Waals surface area contributed by atoms with Gasteiger partial charge in [-0.05, 0) is 50.8 Å². The van der Waals surface area contributed by atoms with Crippen molar-refractivity contribution in [2.24, 2.45) is 0 Å². The number of ether oxygens (including phenoxy) is 1. The number of nitrogens with one attached hydrogen (secondary N) is 1. The topological polar surface area (TPSA) is 58.6 Å². The molecule has 0 bridgehead atoms. The zero-order chi connectivity index (χ0) is 22.6. The maximum absolute atomic E-state index is 13.2. The molecule has 0 aliphatic rings. The number of hydrogen-bond donors (Lipinski definition) is 1. The van der Waals surface area contributed by atoms with Gasteiger partial charge < -0.3 is 15.0 Å². The van der Waals surface area contributed by atoms with Gasteiger partial charge in [-0.15, -0.1) is 0 Å². The zero-order valence-electron chi connectivity index (χ0n) is 19.3. The molecule has 0 fully saturated rings. The molecule has 0 aromatic heterocycles. The monoisotopic (exact) mass is 424 g/mol. The van der Waals surface area contributed by atoms with Crippen molar-refractivity contribution in [3.8, 4) is 5.75 Å². The lowest BCUT2D eigenvalue weighted by molar-refractivity contribution is -0.141. The Hall–Kier alpha value is -2.82. The summed E-state index contributed by atoms with van der Waals surface area (Å²) in [4.78, 5) is 27.9. The quantitative estimate of drug-likeness (QED) is 0.494. The highest BCUT2D eigenvalue weighted by Crippen LogP contribution is 2.16. The third kappa shape index (κ3) is 8.08. The highest BCUT2D eigenvalue weighted by Gasteiger charge is 2.28. The Kier molecular flexibility index (Phi) is 10.1. The van der Waals surface area contributed by atoms with Crippen LogP contribution in [0.25, 0.3) is 0 Å². The van der Waals surface area contributed by atoms with Gasteiger partial charge in [0.1, 0.15) is 11.8 Å². The summed E-state index contributed by atoms with van der Waals surface area (Å²) in [7, 11) is 0. The summed E-state index contributed by atoms with van der Waals surface area (Å²) < 4.78 is 5.72. The van der Waals surface area contributed by atoms with Crippen LogP contribution in [-0.2, 0) is 16.1 Å². The molecule has 0 unspecified atom stereocenters. The lowest BCUT2D eigenvalue weighted by atomic mass is 10.1. The second-order valence-corrected chi connectivity index (χ2v) is 8.02. The van der Waals surface area contributed by atoms with Crippen molar-refractivity contribution in [3.05, 3.63) is 65.7 Å². The predicted octanol–water partition coefficient (Wildman–Crippen LogP) is 4.88. The Labute approximate surface area is 186 Å². The molecular weight excluding hydrogens is 388 g/mol. The van der Waals surface area contributed by atoms with Gasteiger partial charge in [0, 0.05) is 19.0 Å². The van der Waals surface area contributed by atoms with Crippen LogP contribution in [0.3, 0.4) is 0 Å². The largest absolute Gasteiger partial charge is 0.494 e. The molecule has 0 radical (unpaired) electrons. The Morgan fingerprint density at radius 1 is 1.03 bits per heavy atom. The van der Waals surface area contributed by atoms with Crippen molar-refractivity contribution >= 4 is 11.8 Å². The lowest BCUT2D eigenvalue weighted by Crippen LogP contribution is -2.50. The first-order valence-corrected chi connectivity index (χ1v) is 11.3. The number of hydrogen-bond acceptors (Lipinski definition) is 3. The van der Waals surface area contributed by atoms with Crippen molar-refractivity contribution in [1.29, 1.82) is 0 Å². The fourth-order valence-electron chi connectivity index (χ4n) is 3.44. The molecule has 168 valence electrons. The number of amides is 2. The van der Waals surface area contributed by atoms with Gasteiger partial charge in [0.2, 0.25) is 11.8 Å². The van der Waals surface area contributed by atoms with E-state index in [0.717, 1.165) is 23.3 Å². The molecule has 5 heteroatoms. The number of aryl methyl sites for hydroxylation is 1. The van der Waals surface area contributed by atoms with Crippen molar-refractivity contribution in [2.75, 3.05) is 6.61 Å². The summed E-state index contributed by atoms with van der Waals surface area (Å²) >= 11 is 0. The highest BCUT2D eigenvalue weighted by atomic mass is 16.5. The second kappa shape index (κ2) is 12.8. The molecule has 2 aromatic carbocycles. The van der Waals surface area contributed by atoms with Gasteiger partial charge in [0.15, 0.2) is 0 Å². The first kappa shape index (κ1) is 24.4. The summed E-state index contributed by atoms with van der Waals surface area (Å²) in [6, 6.07) is 17.3. The molecule has 0 aliphatic carbocycles. The third-order valence-corrected chi connectivity index (χ3v) is 5.37. The van der Waals surface area contributed by atoms with Crippen LogP contribution in [0.5, 0.6) is 5.75 Å². The average molecular weight is 425 g/mol. The van der Waals surface area contributed by atoms with Crippen LogP contribution in [0.15, 0.2) is 54.6 Å². The minimum absolute atomic E-state index is 0.0238. The van der Waals surface area contributed by atoms with Crippen molar-refractivity contribution in [1.82, 2.24) is 10.2 Å². The highest BCUT2D eigenvalue weighted by molar-refractivity contribution is 5.87. The van der Waals surface area contributed by atoms with E-state index in [1.165, 1.54) is 0 Å². The van der Waals surface area contributed by atoms with E-state index in [0.29, 0.717) is 32.4 Å². The molecule has 0 aliphatic heterocycles. The molecule has 2 rings (SSSR count). The van der Waals surface area contributed by atoms with E-state index in [-0.39, 0.29) is 17.9 Å². The van der Waals surface area contributed by atoms with Gasteiger partial charge in [-0.2, -0.15) is 0 Å². The van der Waals surface area contributed by atoms with Gasteiger partial charge in [-0.1, -0.05) is 61.9 Å². The fraction of sp³-hybridized carbons (Fsp3) is 0.462. The van der Waals surface area contributed by atoms with E-state index in [4.69, 9.17) is 4.74 Å². The summed E-state index contributed by atoms with van der Waals surface area (Å²) in [6.07, 6.45) is 2.36. The van der Waals surface area contributed by atoms with Crippen LogP contribution in [0.1, 0.15) is 57.6 Å². The van der Waals surface area contributed by atoms with Crippen molar-refractivity contribution in [3.63, 3.8) is 0 Å². The standard InChI is InChI=1S/C26H36N2O3/c1-5-21(4)27-26(30)24(6-2)28(19-22-13-10-12-20(3)18-22)25(29)16-11-17-31-23-14-8-7-9-15-23/h7-10,12-15,18,21,24H,5-6,11,16-17,19H2,1-4H3,(H,27,30)/t21-,24-/m0/s1. The summed E-state index contributed by atoms with van der Waals surface area (Å²) in [5, 5.41) is 3.04. The summed E-state index contributed by atoms with van der Waals surface area (Å²) in [6.45, 7) is 8.89. The average Bonchev–Trinajstić information content (AvgIpc) is 2.77. The Morgan fingerprint density at radius 3 is 2.42 bits per heavy atom. The SMILES string of the molecule is CC[C@H](C)NC(=O)[C@H](CC)N(Cc1cccc(C)c1)C(=O)CCCOc1ccccc1. The van der Waals surface area contributed by atoms with Gasteiger partial charge in [-0.3, -0.25) is 9.59 Å². The molecule has 0 heterocycles. The number of rotatable bonds is 12. The predicted molar refractivity (Wildman–Crippen MR) is 125 cm³/mol. The molecule has 2 amide bonds. The van der Waals surface area contributed by atoms with Gasteiger partial charge in [-0.25, -0.2) is 0 Å². The van der Waals surface area contributed by atoms with E-state index in [1.807, 2.05) is 76.2 Å². The van der Waals surface area contributed by atoms with Crippen LogP contribution in [-0.4, -0.2) is 35.4 Å². The Balaban J connectivity index is 2.07. The molecule has 0 saturated heterocycles. The Morgan fingerprint density at radius 2 is 1.77 bits per heavy atom. The number of nitrogens with zero attached hydrogens (tertiary/aromatic N) is 1. The van der Waals surface area contributed by atoms with E-state index in [1.54, 1.807) is 4.90 Å². The van der Waals surface area contributed by atoms with Crippen molar-refractivity contribution in [2.45, 2.75) is 72.0 Å². The third-order valence-electron chi connectivity index (χ3n) is 5.37. The molecule has 31 heavy (non-hydrogen) atoms. The van der Waals surface area contributed by atoms with E-state index >= 15 is 0 Å². The van der Waals surface area contributed by atoms with Crippen LogP contribution in [0.2, 0.25) is 0 Å². The van der Waals surface area contributed by atoms with Gasteiger partial charge >= 0.3 is 0 Å². The number of carbonyl (C=O) groups is 2. The minimum atomic E-state index is -0.489. The molecule has 0 saturated carbocycles. The van der Waals surface area contributed by atoms with Crippen LogP contribution < -0.4 is 10.1 Å². The maximum Gasteiger partial charge on any atom is 0.243 e. The fourth-order valence-corrected chi connectivity index (χ4v) is 3.44. The molecule has 5 nitrogen and oxygen atoms in total. The molecule has 2 atom stereocenters. The van der Waals surface area contributed by atoms with Crippen LogP contribution >= 0.6 is 0 Å². The first-order valence-electron chi connectivity index (χ1n) is 11.3. The number of benzene rings is 2.